The van der Waals surface area contributed by atoms with Crippen LogP contribution >= 0.6 is 0 Å². The van der Waals surface area contributed by atoms with Crippen molar-refractivity contribution in [3.8, 4) is 0 Å². The molecule has 8 unspecified atom stereocenters. The van der Waals surface area contributed by atoms with Crippen LogP contribution < -0.4 is 5.32 Å². The molecular weight excluding hydrogens is 322 g/mol. The Morgan fingerprint density at radius 2 is 1.38 bits per heavy atom. The Hall–Kier alpha value is -0.730. The minimum atomic E-state index is -0.785. The van der Waals surface area contributed by atoms with Gasteiger partial charge in [0, 0.05) is 5.54 Å². The molecule has 0 aromatic rings. The maximum Gasteiger partial charge on any atom is 0.405 e. The van der Waals surface area contributed by atoms with E-state index in [4.69, 9.17) is 0 Å². The monoisotopic (exact) mass is 359 g/mol. The molecule has 3 nitrogen and oxygen atoms in total. The molecule has 146 valence electrons. The predicted octanol–water partition coefficient (Wildman–Crippen LogP) is 5.84. The van der Waals surface area contributed by atoms with Gasteiger partial charge in [0.05, 0.1) is 0 Å². The number of hydrogen-bond donors (Lipinski definition) is 2. The van der Waals surface area contributed by atoms with Crippen LogP contribution in [0.15, 0.2) is 0 Å². The van der Waals surface area contributed by atoms with Crippen LogP contribution in [0.25, 0.3) is 0 Å². The highest BCUT2D eigenvalue weighted by Gasteiger charge is 2.56. The average molecular weight is 360 g/mol. The van der Waals surface area contributed by atoms with Crippen molar-refractivity contribution in [1.29, 1.82) is 0 Å². The van der Waals surface area contributed by atoms with Gasteiger partial charge in [-0.15, -0.1) is 0 Å². The minimum absolute atomic E-state index is 0.0832. The van der Waals surface area contributed by atoms with E-state index in [2.05, 4.69) is 5.32 Å². The van der Waals surface area contributed by atoms with Crippen LogP contribution in [0.3, 0.4) is 0 Å². The summed E-state index contributed by atoms with van der Waals surface area (Å²) in [6.45, 7) is 0. The van der Waals surface area contributed by atoms with Crippen molar-refractivity contribution < 1.29 is 9.90 Å². The molecule has 5 aliphatic rings. The number of hydrogen-bond acceptors (Lipinski definition) is 1. The molecule has 5 saturated carbocycles. The second-order valence-corrected chi connectivity index (χ2v) is 10.5. The first-order valence-electron chi connectivity index (χ1n) is 11.7. The van der Waals surface area contributed by atoms with Gasteiger partial charge in [-0.2, -0.15) is 0 Å². The molecule has 0 saturated heterocycles. The topological polar surface area (TPSA) is 49.3 Å². The Morgan fingerprint density at radius 1 is 0.692 bits per heavy atom. The van der Waals surface area contributed by atoms with Crippen LogP contribution in [-0.2, 0) is 0 Å². The van der Waals surface area contributed by atoms with Crippen LogP contribution in [0.1, 0.15) is 89.9 Å². The molecule has 8 atom stereocenters. The summed E-state index contributed by atoms with van der Waals surface area (Å²) in [5.41, 5.74) is -0.0832. The lowest BCUT2D eigenvalue weighted by molar-refractivity contribution is -0.0913. The number of carbonyl (C=O) groups is 1. The van der Waals surface area contributed by atoms with E-state index >= 15 is 0 Å². The Kier molecular flexibility index (Phi) is 4.48. The van der Waals surface area contributed by atoms with Gasteiger partial charge in [0.25, 0.3) is 0 Å². The second kappa shape index (κ2) is 6.71. The zero-order valence-electron chi connectivity index (χ0n) is 16.3. The summed E-state index contributed by atoms with van der Waals surface area (Å²) in [4.78, 5) is 11.6. The smallest absolute Gasteiger partial charge is 0.405 e. The normalized spacial score (nSPS) is 50.5. The third-order valence-electron chi connectivity index (χ3n) is 9.77. The van der Waals surface area contributed by atoms with Crippen molar-refractivity contribution in [2.24, 2.45) is 41.4 Å². The Balaban J connectivity index is 1.38. The fourth-order valence-electron chi connectivity index (χ4n) is 8.96. The number of amides is 1. The van der Waals surface area contributed by atoms with Crippen molar-refractivity contribution in [3.63, 3.8) is 0 Å². The summed E-state index contributed by atoms with van der Waals surface area (Å²) in [5, 5.41) is 12.6. The molecule has 5 fully saturated rings. The van der Waals surface area contributed by atoms with E-state index in [0.29, 0.717) is 5.92 Å². The lowest BCUT2D eigenvalue weighted by atomic mass is 9.46. The third-order valence-corrected chi connectivity index (χ3v) is 9.77. The van der Waals surface area contributed by atoms with Gasteiger partial charge in [0.1, 0.15) is 0 Å². The summed E-state index contributed by atoms with van der Waals surface area (Å²) in [6.07, 6.45) is 18.3. The first-order valence-corrected chi connectivity index (χ1v) is 11.7. The van der Waals surface area contributed by atoms with Crippen LogP contribution in [0.2, 0.25) is 0 Å². The van der Waals surface area contributed by atoms with Gasteiger partial charge in [-0.1, -0.05) is 32.1 Å². The molecule has 26 heavy (non-hydrogen) atoms. The van der Waals surface area contributed by atoms with E-state index in [1.54, 1.807) is 0 Å². The maximum atomic E-state index is 11.6. The third kappa shape index (κ3) is 2.71. The highest BCUT2D eigenvalue weighted by Crippen LogP contribution is 2.61. The molecule has 0 spiro atoms. The number of carboxylic acid groups (broad SMARTS) is 1. The summed E-state index contributed by atoms with van der Waals surface area (Å²) in [7, 11) is 0. The zero-order valence-corrected chi connectivity index (χ0v) is 16.3. The van der Waals surface area contributed by atoms with E-state index in [9.17, 15) is 9.90 Å². The van der Waals surface area contributed by atoms with Gasteiger partial charge < -0.3 is 10.4 Å². The zero-order chi connectivity index (χ0) is 17.7. The minimum Gasteiger partial charge on any atom is -0.465 e. The largest absolute Gasteiger partial charge is 0.465 e. The van der Waals surface area contributed by atoms with Gasteiger partial charge in [0.15, 0.2) is 0 Å². The van der Waals surface area contributed by atoms with Crippen LogP contribution in [0.5, 0.6) is 0 Å². The fraction of sp³-hybridized carbons (Fsp3) is 0.957. The predicted molar refractivity (Wildman–Crippen MR) is 103 cm³/mol. The quantitative estimate of drug-likeness (QED) is 0.618. The van der Waals surface area contributed by atoms with Crippen molar-refractivity contribution in [2.75, 3.05) is 0 Å². The number of fused-ring (bicyclic) bond motifs is 7. The Morgan fingerprint density at radius 3 is 2.27 bits per heavy atom. The SMILES string of the molecule is O=C(O)NC12CCCCC1C1CCC3C4CCCCC4CCC3C1CC2. The van der Waals surface area contributed by atoms with Crippen LogP contribution in [-0.4, -0.2) is 16.7 Å². The van der Waals surface area contributed by atoms with Gasteiger partial charge >= 0.3 is 6.09 Å². The Labute approximate surface area is 158 Å². The molecule has 0 aromatic heterocycles. The van der Waals surface area contributed by atoms with E-state index in [0.717, 1.165) is 48.3 Å². The van der Waals surface area contributed by atoms with Crippen molar-refractivity contribution in [1.82, 2.24) is 5.32 Å². The van der Waals surface area contributed by atoms with Crippen LogP contribution in [0, 0.1) is 41.4 Å². The lowest BCUT2D eigenvalue weighted by Crippen LogP contribution is -2.62. The molecule has 0 aliphatic heterocycles. The second-order valence-electron chi connectivity index (χ2n) is 10.5. The van der Waals surface area contributed by atoms with E-state index in [1.165, 1.54) is 77.0 Å². The van der Waals surface area contributed by atoms with Crippen molar-refractivity contribution in [2.45, 2.75) is 95.4 Å². The molecule has 5 aliphatic carbocycles. The standard InChI is InChI=1S/C23H37NO2/c25-22(26)24-23-13-4-3-7-21(23)20-11-10-17-16-6-2-1-5-15(16)8-9-18(17)19(20)12-14-23/h15-21,24H,1-14H2,(H,25,26). The lowest BCUT2D eigenvalue weighted by Gasteiger charge is -2.60. The molecule has 1 amide bonds. The molecule has 0 aromatic carbocycles. The number of rotatable bonds is 1. The molecular formula is C23H37NO2. The number of nitrogens with one attached hydrogen (secondary N) is 1. The van der Waals surface area contributed by atoms with E-state index in [-0.39, 0.29) is 5.54 Å². The summed E-state index contributed by atoms with van der Waals surface area (Å²) in [6, 6.07) is 0. The van der Waals surface area contributed by atoms with E-state index < -0.39 is 6.09 Å². The maximum absolute atomic E-state index is 11.6. The molecule has 0 bridgehead atoms. The molecule has 0 heterocycles. The van der Waals surface area contributed by atoms with Crippen molar-refractivity contribution >= 4 is 6.09 Å². The van der Waals surface area contributed by atoms with Gasteiger partial charge in [-0.05, 0) is 99.2 Å². The first kappa shape index (κ1) is 17.4. The summed E-state index contributed by atoms with van der Waals surface area (Å²) >= 11 is 0. The first-order chi connectivity index (χ1) is 12.7. The van der Waals surface area contributed by atoms with E-state index in [1.807, 2.05) is 0 Å². The summed E-state index contributed by atoms with van der Waals surface area (Å²) in [5.74, 6) is 6.40. The highest BCUT2D eigenvalue weighted by molar-refractivity contribution is 5.65. The molecule has 5 rings (SSSR count). The highest BCUT2D eigenvalue weighted by atomic mass is 16.4. The molecule has 3 heteroatoms. The van der Waals surface area contributed by atoms with Crippen molar-refractivity contribution in [3.05, 3.63) is 0 Å². The van der Waals surface area contributed by atoms with Gasteiger partial charge in [-0.3, -0.25) is 0 Å². The van der Waals surface area contributed by atoms with Gasteiger partial charge in [0.2, 0.25) is 0 Å². The summed E-state index contributed by atoms with van der Waals surface area (Å²) < 4.78 is 0. The fourth-order valence-corrected chi connectivity index (χ4v) is 8.96. The average Bonchev–Trinajstić information content (AvgIpc) is 2.66. The van der Waals surface area contributed by atoms with Gasteiger partial charge in [-0.25, -0.2) is 4.79 Å². The molecule has 0 radical (unpaired) electrons. The van der Waals surface area contributed by atoms with Crippen LogP contribution in [0.4, 0.5) is 4.79 Å². The molecule has 2 N–H and O–H groups in total. The Bertz CT molecular complexity index is 548.